The average Bonchev–Trinajstić information content (AvgIpc) is 2.16. The lowest BCUT2D eigenvalue weighted by Crippen LogP contribution is -2.13. The normalized spacial score (nSPS) is 14.6. The second-order valence-corrected chi connectivity index (χ2v) is 4.29. The summed E-state index contributed by atoms with van der Waals surface area (Å²) in [5.41, 5.74) is 0. The number of hydrogen-bond donors (Lipinski definition) is 0. The van der Waals surface area contributed by atoms with E-state index in [4.69, 9.17) is 9.16 Å². The Balaban J connectivity index is 3.17. The molecule has 0 aliphatic carbocycles. The molecule has 0 aliphatic heterocycles. The first kappa shape index (κ1) is 12.9. The zero-order valence-electron chi connectivity index (χ0n) is 9.09. The summed E-state index contributed by atoms with van der Waals surface area (Å²) in [4.78, 5) is 0. The van der Waals surface area contributed by atoms with E-state index < -0.39 is 0 Å². The van der Waals surface area contributed by atoms with Crippen molar-refractivity contribution in [1.29, 1.82) is 0 Å². The van der Waals surface area contributed by atoms with Crippen molar-refractivity contribution in [1.82, 2.24) is 0 Å². The molecule has 0 fully saturated rings. The second kappa shape index (κ2) is 8.47. The van der Waals surface area contributed by atoms with Gasteiger partial charge in [-0.1, -0.05) is 18.2 Å². The summed E-state index contributed by atoms with van der Waals surface area (Å²) in [7, 11) is 0.491. The van der Waals surface area contributed by atoms with Crippen molar-refractivity contribution < 1.29 is 9.16 Å². The molecule has 0 saturated heterocycles. The maximum atomic E-state index is 5.47. The fourth-order valence-electron chi connectivity index (χ4n) is 0.633. The van der Waals surface area contributed by atoms with Crippen LogP contribution in [0.2, 0.25) is 0 Å². The third kappa shape index (κ3) is 8.21. The highest BCUT2D eigenvalue weighted by Gasteiger charge is 1.98. The van der Waals surface area contributed by atoms with Crippen LogP contribution in [0.15, 0.2) is 11.3 Å². The molecule has 0 aromatic heterocycles. The van der Waals surface area contributed by atoms with Crippen LogP contribution < -0.4 is 0 Å². The Bertz CT molecular complexity index is 146. The molecule has 0 saturated carbocycles. The fraction of sp³-hybridized carbons (Fsp3) is 0.800. The maximum absolute atomic E-state index is 5.47. The van der Waals surface area contributed by atoms with Gasteiger partial charge in [0.15, 0.2) is 0 Å². The van der Waals surface area contributed by atoms with Crippen molar-refractivity contribution in [2.45, 2.75) is 40.2 Å². The molecule has 0 aromatic rings. The molecule has 0 aromatic carbocycles. The predicted molar refractivity (Wildman–Crippen MR) is 56.8 cm³/mol. The van der Waals surface area contributed by atoms with E-state index in [-0.39, 0.29) is 0 Å². The smallest absolute Gasteiger partial charge is 0.263 e. The summed E-state index contributed by atoms with van der Waals surface area (Å²) in [6.07, 6.45) is 3.50. The van der Waals surface area contributed by atoms with Gasteiger partial charge in [0, 0.05) is 0 Å². The van der Waals surface area contributed by atoms with Crippen LogP contribution >= 0.6 is 0 Å². The van der Waals surface area contributed by atoms with E-state index in [0.29, 0.717) is 29.1 Å². The molecular formula is C10H20O2Si. The van der Waals surface area contributed by atoms with Crippen molar-refractivity contribution in [3.05, 3.63) is 11.3 Å². The fourth-order valence-corrected chi connectivity index (χ4v) is 1.16. The minimum Gasteiger partial charge on any atom is -0.409 e. The van der Waals surface area contributed by atoms with Gasteiger partial charge in [-0.3, -0.25) is 0 Å². The van der Waals surface area contributed by atoms with Crippen molar-refractivity contribution in [2.24, 2.45) is 0 Å². The SMILES string of the molecule is C/C=C(\C)[Si]OCCOC(C)CC. The van der Waals surface area contributed by atoms with Crippen LogP contribution in [0.1, 0.15) is 34.1 Å². The molecule has 2 nitrogen and oxygen atoms in total. The van der Waals surface area contributed by atoms with Gasteiger partial charge >= 0.3 is 0 Å². The Kier molecular flexibility index (Phi) is 8.39. The molecule has 0 N–H and O–H groups in total. The lowest BCUT2D eigenvalue weighted by molar-refractivity contribution is 0.0436. The largest absolute Gasteiger partial charge is 0.409 e. The summed E-state index contributed by atoms with van der Waals surface area (Å²) in [5.74, 6) is 0. The highest BCUT2D eigenvalue weighted by molar-refractivity contribution is 6.37. The summed E-state index contributed by atoms with van der Waals surface area (Å²) in [6, 6.07) is 0. The first-order chi connectivity index (χ1) is 6.20. The van der Waals surface area contributed by atoms with Crippen molar-refractivity contribution in [3.8, 4) is 0 Å². The minimum atomic E-state index is 0.356. The van der Waals surface area contributed by atoms with Crippen LogP contribution in [0.3, 0.4) is 0 Å². The van der Waals surface area contributed by atoms with E-state index in [1.165, 1.54) is 5.20 Å². The Hall–Kier alpha value is -0.123. The van der Waals surface area contributed by atoms with E-state index >= 15 is 0 Å². The molecule has 0 spiro atoms. The van der Waals surface area contributed by atoms with Gasteiger partial charge in [0.25, 0.3) is 9.76 Å². The van der Waals surface area contributed by atoms with Gasteiger partial charge < -0.3 is 9.16 Å². The summed E-state index contributed by atoms with van der Waals surface area (Å²) >= 11 is 0. The van der Waals surface area contributed by atoms with E-state index in [0.717, 1.165) is 6.42 Å². The molecule has 0 amide bonds. The topological polar surface area (TPSA) is 18.5 Å². The molecule has 76 valence electrons. The van der Waals surface area contributed by atoms with Crippen molar-refractivity contribution in [2.75, 3.05) is 13.2 Å². The number of allylic oxidation sites excluding steroid dienone is 2. The molecule has 0 bridgehead atoms. The van der Waals surface area contributed by atoms with Gasteiger partial charge in [-0.15, -0.1) is 0 Å². The number of hydrogen-bond acceptors (Lipinski definition) is 2. The maximum Gasteiger partial charge on any atom is 0.263 e. The zero-order chi connectivity index (χ0) is 10.1. The Morgan fingerprint density at radius 2 is 2.15 bits per heavy atom. The number of rotatable bonds is 7. The summed E-state index contributed by atoms with van der Waals surface area (Å²) in [6.45, 7) is 9.72. The van der Waals surface area contributed by atoms with Gasteiger partial charge in [0.2, 0.25) is 0 Å². The molecule has 3 heteroatoms. The highest BCUT2D eigenvalue weighted by Crippen LogP contribution is 1.95. The number of ether oxygens (including phenoxy) is 1. The van der Waals surface area contributed by atoms with Crippen LogP contribution in [-0.2, 0) is 9.16 Å². The standard InChI is InChI=1S/C10H20O2Si/c1-5-9(3)11-7-8-12-13-10(4)6-2/h6,9H,5,7-8H2,1-4H3/b10-6+. The third-order valence-corrected chi connectivity index (χ3v) is 2.79. The van der Waals surface area contributed by atoms with Gasteiger partial charge in [-0.05, 0) is 27.2 Å². The second-order valence-electron chi connectivity index (χ2n) is 3.01. The predicted octanol–water partition coefficient (Wildman–Crippen LogP) is 2.36. The molecule has 0 heterocycles. The Labute approximate surface area is 84.3 Å². The molecule has 0 rings (SSSR count). The monoisotopic (exact) mass is 200 g/mol. The van der Waals surface area contributed by atoms with Crippen molar-refractivity contribution >= 4 is 9.76 Å². The average molecular weight is 200 g/mol. The molecular weight excluding hydrogens is 180 g/mol. The van der Waals surface area contributed by atoms with Crippen LogP contribution in [-0.4, -0.2) is 29.1 Å². The molecule has 2 radical (unpaired) electrons. The Morgan fingerprint density at radius 3 is 2.69 bits per heavy atom. The first-order valence-electron chi connectivity index (χ1n) is 4.83. The van der Waals surface area contributed by atoms with Crippen LogP contribution in [0.5, 0.6) is 0 Å². The van der Waals surface area contributed by atoms with E-state index in [1.54, 1.807) is 0 Å². The zero-order valence-corrected chi connectivity index (χ0v) is 10.1. The van der Waals surface area contributed by atoms with Gasteiger partial charge in [-0.25, -0.2) is 0 Å². The highest BCUT2D eigenvalue weighted by atomic mass is 28.2. The molecule has 1 unspecified atom stereocenters. The van der Waals surface area contributed by atoms with Crippen LogP contribution in [0, 0.1) is 0 Å². The summed E-state index contributed by atoms with van der Waals surface area (Å²) in [5, 5.41) is 1.29. The molecule has 0 aliphatic rings. The molecule has 13 heavy (non-hydrogen) atoms. The van der Waals surface area contributed by atoms with Crippen molar-refractivity contribution in [3.63, 3.8) is 0 Å². The van der Waals surface area contributed by atoms with E-state index in [1.807, 2.05) is 6.92 Å². The minimum absolute atomic E-state index is 0.356. The van der Waals surface area contributed by atoms with Gasteiger partial charge in [0.05, 0.1) is 19.3 Å². The third-order valence-electron chi connectivity index (χ3n) is 1.83. The lowest BCUT2D eigenvalue weighted by Gasteiger charge is -2.10. The lowest BCUT2D eigenvalue weighted by atomic mass is 10.3. The van der Waals surface area contributed by atoms with Crippen LogP contribution in [0.25, 0.3) is 0 Å². The quantitative estimate of drug-likeness (QED) is 0.464. The van der Waals surface area contributed by atoms with Crippen LogP contribution in [0.4, 0.5) is 0 Å². The molecule has 1 atom stereocenters. The van der Waals surface area contributed by atoms with E-state index in [2.05, 4.69) is 26.8 Å². The Morgan fingerprint density at radius 1 is 1.46 bits per heavy atom. The van der Waals surface area contributed by atoms with Gasteiger partial charge in [-0.2, -0.15) is 0 Å². The summed E-state index contributed by atoms with van der Waals surface area (Å²) < 4.78 is 10.9. The van der Waals surface area contributed by atoms with E-state index in [9.17, 15) is 0 Å². The first-order valence-corrected chi connectivity index (χ1v) is 5.73. The van der Waals surface area contributed by atoms with Gasteiger partial charge in [0.1, 0.15) is 0 Å².